The quantitative estimate of drug-likeness (QED) is 0.702. The van der Waals surface area contributed by atoms with Crippen LogP contribution in [0.4, 0.5) is 11.4 Å². The highest BCUT2D eigenvalue weighted by Gasteiger charge is 2.10. The molecule has 0 aliphatic heterocycles. The Balaban J connectivity index is 0.00000312. The number of carbonyl (C=O) groups is 2. The third-order valence-electron chi connectivity index (χ3n) is 3.56. The van der Waals surface area contributed by atoms with Crippen LogP contribution in [0.3, 0.4) is 0 Å². The topological polar surface area (TPSA) is 70.2 Å². The molecule has 0 saturated heterocycles. The third-order valence-corrected chi connectivity index (χ3v) is 3.56. The van der Waals surface area contributed by atoms with Crippen LogP contribution < -0.4 is 16.0 Å². The molecule has 0 bridgehead atoms. The van der Waals surface area contributed by atoms with E-state index in [4.69, 9.17) is 0 Å². The average molecular weight is 362 g/mol. The van der Waals surface area contributed by atoms with Gasteiger partial charge in [-0.15, -0.1) is 12.4 Å². The molecule has 2 aromatic carbocycles. The van der Waals surface area contributed by atoms with Gasteiger partial charge in [0, 0.05) is 29.9 Å². The first kappa shape index (κ1) is 20.7. The molecule has 6 heteroatoms. The number of carbonyl (C=O) groups excluding carboxylic acids is 2. The molecule has 0 heterocycles. The van der Waals surface area contributed by atoms with Gasteiger partial charge in [-0.1, -0.05) is 38.1 Å². The maximum Gasteiger partial charge on any atom is 0.255 e. The Labute approximate surface area is 154 Å². The summed E-state index contributed by atoms with van der Waals surface area (Å²) in [5.41, 5.74) is 2.94. The van der Waals surface area contributed by atoms with Crippen LogP contribution in [-0.4, -0.2) is 18.4 Å². The minimum atomic E-state index is -0.202. The first-order valence-corrected chi connectivity index (χ1v) is 8.14. The molecule has 0 aromatic heterocycles. The Bertz CT molecular complexity index is 719. The predicted molar refractivity (Wildman–Crippen MR) is 104 cm³/mol. The van der Waals surface area contributed by atoms with Gasteiger partial charge in [-0.3, -0.25) is 9.59 Å². The lowest BCUT2D eigenvalue weighted by Crippen LogP contribution is -2.17. The predicted octanol–water partition coefficient (Wildman–Crippen LogP) is 3.82. The van der Waals surface area contributed by atoms with E-state index in [1.807, 2.05) is 31.2 Å². The molecule has 5 nitrogen and oxygen atoms in total. The van der Waals surface area contributed by atoms with E-state index in [0.29, 0.717) is 24.2 Å². The van der Waals surface area contributed by atoms with Crippen molar-refractivity contribution < 1.29 is 9.59 Å². The van der Waals surface area contributed by atoms with Gasteiger partial charge in [-0.25, -0.2) is 0 Å². The number of hydrogen-bond acceptors (Lipinski definition) is 3. The lowest BCUT2D eigenvalue weighted by atomic mass is 10.1. The molecule has 2 rings (SSSR count). The number of rotatable bonds is 7. The SMILES string of the molecule is CCNCc1ccccc1NC(=O)c1cccc(NC(=O)CC)c1.Cl. The molecule has 2 aromatic rings. The number of nitrogens with one attached hydrogen (secondary N) is 3. The fraction of sp³-hybridized carbons (Fsp3) is 0.263. The van der Waals surface area contributed by atoms with Gasteiger partial charge in [0.05, 0.1) is 0 Å². The Morgan fingerprint density at radius 2 is 1.72 bits per heavy atom. The fourth-order valence-electron chi connectivity index (χ4n) is 2.24. The van der Waals surface area contributed by atoms with E-state index in [1.54, 1.807) is 31.2 Å². The molecule has 0 unspecified atom stereocenters. The third kappa shape index (κ3) is 6.21. The van der Waals surface area contributed by atoms with E-state index in [9.17, 15) is 9.59 Å². The van der Waals surface area contributed by atoms with Gasteiger partial charge >= 0.3 is 0 Å². The summed E-state index contributed by atoms with van der Waals surface area (Å²) in [4.78, 5) is 24.0. The Morgan fingerprint density at radius 3 is 2.44 bits per heavy atom. The largest absolute Gasteiger partial charge is 0.326 e. The van der Waals surface area contributed by atoms with Gasteiger partial charge in [0.1, 0.15) is 0 Å². The van der Waals surface area contributed by atoms with Crippen LogP contribution in [0, 0.1) is 0 Å². The van der Waals surface area contributed by atoms with E-state index in [0.717, 1.165) is 17.8 Å². The van der Waals surface area contributed by atoms with Crippen LogP contribution >= 0.6 is 12.4 Å². The summed E-state index contributed by atoms with van der Waals surface area (Å²) in [5.74, 6) is -0.282. The smallest absolute Gasteiger partial charge is 0.255 e. The lowest BCUT2D eigenvalue weighted by molar-refractivity contribution is -0.115. The van der Waals surface area contributed by atoms with Crippen LogP contribution in [-0.2, 0) is 11.3 Å². The van der Waals surface area contributed by atoms with Crippen molar-refractivity contribution in [1.82, 2.24) is 5.32 Å². The maximum atomic E-state index is 12.5. The summed E-state index contributed by atoms with van der Waals surface area (Å²) in [6.07, 6.45) is 0.397. The Morgan fingerprint density at radius 1 is 0.960 bits per heavy atom. The second-order valence-electron chi connectivity index (χ2n) is 5.37. The summed E-state index contributed by atoms with van der Waals surface area (Å²) >= 11 is 0. The van der Waals surface area contributed by atoms with Gasteiger partial charge in [-0.2, -0.15) is 0 Å². The van der Waals surface area contributed by atoms with Crippen molar-refractivity contribution in [3.05, 3.63) is 59.7 Å². The highest BCUT2D eigenvalue weighted by Crippen LogP contribution is 2.17. The second kappa shape index (κ2) is 10.5. The van der Waals surface area contributed by atoms with E-state index in [1.165, 1.54) is 0 Å². The molecule has 0 aliphatic rings. The number of amides is 2. The number of halogens is 1. The van der Waals surface area contributed by atoms with Crippen molar-refractivity contribution >= 4 is 35.6 Å². The number of benzene rings is 2. The minimum absolute atomic E-state index is 0. The van der Waals surface area contributed by atoms with Crippen molar-refractivity contribution in [2.75, 3.05) is 17.2 Å². The normalized spacial score (nSPS) is 9.84. The van der Waals surface area contributed by atoms with Crippen LogP contribution in [0.5, 0.6) is 0 Å². The summed E-state index contributed by atoms with van der Waals surface area (Å²) in [6, 6.07) is 14.6. The summed E-state index contributed by atoms with van der Waals surface area (Å²) in [5, 5.41) is 8.96. The highest BCUT2D eigenvalue weighted by molar-refractivity contribution is 6.05. The zero-order chi connectivity index (χ0) is 17.4. The molecule has 0 spiro atoms. The van der Waals surface area contributed by atoms with Crippen molar-refractivity contribution in [2.45, 2.75) is 26.8 Å². The lowest BCUT2D eigenvalue weighted by Gasteiger charge is -2.12. The number of hydrogen-bond donors (Lipinski definition) is 3. The molecule has 0 radical (unpaired) electrons. The van der Waals surface area contributed by atoms with E-state index < -0.39 is 0 Å². The van der Waals surface area contributed by atoms with Crippen LogP contribution in [0.1, 0.15) is 36.2 Å². The average Bonchev–Trinajstić information content (AvgIpc) is 2.61. The first-order valence-electron chi connectivity index (χ1n) is 8.14. The first-order chi connectivity index (χ1) is 11.6. The van der Waals surface area contributed by atoms with Gasteiger partial charge in [0.15, 0.2) is 0 Å². The van der Waals surface area contributed by atoms with Crippen molar-refractivity contribution in [3.8, 4) is 0 Å². The van der Waals surface area contributed by atoms with Crippen LogP contribution in [0.15, 0.2) is 48.5 Å². The van der Waals surface area contributed by atoms with E-state index >= 15 is 0 Å². The molecule has 3 N–H and O–H groups in total. The Hall–Kier alpha value is -2.37. The van der Waals surface area contributed by atoms with Crippen molar-refractivity contribution in [1.29, 1.82) is 0 Å². The summed E-state index contributed by atoms with van der Waals surface area (Å²) < 4.78 is 0. The fourth-order valence-corrected chi connectivity index (χ4v) is 2.24. The Kier molecular flexibility index (Phi) is 8.67. The van der Waals surface area contributed by atoms with Crippen LogP contribution in [0.2, 0.25) is 0 Å². The maximum absolute atomic E-state index is 12.5. The van der Waals surface area contributed by atoms with Crippen molar-refractivity contribution in [2.24, 2.45) is 0 Å². The van der Waals surface area contributed by atoms with Crippen LogP contribution in [0.25, 0.3) is 0 Å². The van der Waals surface area contributed by atoms with E-state index in [2.05, 4.69) is 16.0 Å². The summed E-state index contributed by atoms with van der Waals surface area (Å²) in [6.45, 7) is 5.38. The zero-order valence-corrected chi connectivity index (χ0v) is 15.3. The van der Waals surface area contributed by atoms with Gasteiger partial charge in [-0.05, 0) is 36.4 Å². The molecule has 134 valence electrons. The molecule has 0 saturated carbocycles. The molecule has 0 aliphatic carbocycles. The number of anilines is 2. The van der Waals surface area contributed by atoms with Gasteiger partial charge in [0.25, 0.3) is 5.91 Å². The second-order valence-corrected chi connectivity index (χ2v) is 5.37. The molecule has 2 amide bonds. The standard InChI is InChI=1S/C19H23N3O2.ClH/c1-3-18(23)21-16-10-7-9-14(12-16)19(24)22-17-11-6-5-8-15(17)13-20-4-2;/h5-12,20H,3-4,13H2,1-2H3,(H,21,23)(H,22,24);1H. The monoisotopic (exact) mass is 361 g/mol. The minimum Gasteiger partial charge on any atom is -0.326 e. The highest BCUT2D eigenvalue weighted by atomic mass is 35.5. The molecule has 0 fully saturated rings. The van der Waals surface area contributed by atoms with Crippen molar-refractivity contribution in [3.63, 3.8) is 0 Å². The zero-order valence-electron chi connectivity index (χ0n) is 14.5. The van der Waals surface area contributed by atoms with E-state index in [-0.39, 0.29) is 24.2 Å². The number of para-hydroxylation sites is 1. The molecular formula is C19H24ClN3O2. The summed E-state index contributed by atoms with van der Waals surface area (Å²) in [7, 11) is 0. The van der Waals surface area contributed by atoms with Gasteiger partial charge in [0.2, 0.25) is 5.91 Å². The van der Waals surface area contributed by atoms with Gasteiger partial charge < -0.3 is 16.0 Å². The molecular weight excluding hydrogens is 338 g/mol. The molecule has 25 heavy (non-hydrogen) atoms. The molecule has 0 atom stereocenters.